The molecule has 0 saturated carbocycles. The molecule has 1 aromatic carbocycles. The molecule has 1 fully saturated rings. The number of hydrogen-bond acceptors (Lipinski definition) is 6. The summed E-state index contributed by atoms with van der Waals surface area (Å²) in [7, 11) is 1.68. The molecule has 0 aliphatic carbocycles. The lowest BCUT2D eigenvalue weighted by atomic mass is 10.1. The van der Waals surface area contributed by atoms with Crippen LogP contribution in [0.15, 0.2) is 18.2 Å². The van der Waals surface area contributed by atoms with Gasteiger partial charge >= 0.3 is 0 Å². The molecule has 3 rings (SSSR count). The topological polar surface area (TPSA) is 59.5 Å². The van der Waals surface area contributed by atoms with Crippen LogP contribution >= 0.6 is 0 Å². The van der Waals surface area contributed by atoms with Crippen molar-refractivity contribution in [2.45, 2.75) is 39.2 Å². The number of rotatable bonds is 8. The van der Waals surface area contributed by atoms with Crippen LogP contribution in [-0.2, 0) is 4.74 Å². The first-order chi connectivity index (χ1) is 12.7. The van der Waals surface area contributed by atoms with Crippen molar-refractivity contribution in [3.05, 3.63) is 23.9 Å². The van der Waals surface area contributed by atoms with E-state index in [1.54, 1.807) is 7.11 Å². The average Bonchev–Trinajstić information content (AvgIpc) is 2.68. The first-order valence-corrected chi connectivity index (χ1v) is 9.59. The number of nitrogens with zero attached hydrogens (tertiary/aromatic N) is 3. The van der Waals surface area contributed by atoms with E-state index in [4.69, 9.17) is 19.4 Å². The SMILES string of the molecule is CCOCCCNC1CCN(c2nc(C)c3cc(OC)ccc3n2)CC1. The van der Waals surface area contributed by atoms with Crippen LogP contribution in [0.25, 0.3) is 10.9 Å². The van der Waals surface area contributed by atoms with Gasteiger partial charge in [-0.15, -0.1) is 0 Å². The maximum atomic E-state index is 5.39. The van der Waals surface area contributed by atoms with Gasteiger partial charge in [0.1, 0.15) is 5.75 Å². The van der Waals surface area contributed by atoms with Crippen molar-refractivity contribution in [3.63, 3.8) is 0 Å². The van der Waals surface area contributed by atoms with Gasteiger partial charge in [0.25, 0.3) is 0 Å². The zero-order valence-electron chi connectivity index (χ0n) is 16.1. The van der Waals surface area contributed by atoms with Gasteiger partial charge in [-0.2, -0.15) is 0 Å². The van der Waals surface area contributed by atoms with Gasteiger partial charge < -0.3 is 19.7 Å². The van der Waals surface area contributed by atoms with E-state index in [0.29, 0.717) is 6.04 Å². The zero-order valence-corrected chi connectivity index (χ0v) is 16.1. The summed E-state index contributed by atoms with van der Waals surface area (Å²) in [4.78, 5) is 11.8. The fourth-order valence-corrected chi connectivity index (χ4v) is 3.42. The standard InChI is InChI=1S/C20H30N4O2/c1-4-26-13-5-10-21-16-8-11-24(12-9-16)20-22-15(2)18-14-17(25-3)6-7-19(18)23-20/h6-7,14,16,21H,4-5,8-13H2,1-3H3. The molecule has 0 radical (unpaired) electrons. The highest BCUT2D eigenvalue weighted by Gasteiger charge is 2.21. The number of aryl methyl sites for hydroxylation is 1. The van der Waals surface area contributed by atoms with Crippen LogP contribution in [0.1, 0.15) is 31.9 Å². The van der Waals surface area contributed by atoms with Crippen LogP contribution in [0, 0.1) is 6.92 Å². The summed E-state index contributed by atoms with van der Waals surface area (Å²) in [6.45, 7) is 8.73. The first kappa shape index (κ1) is 18.9. The summed E-state index contributed by atoms with van der Waals surface area (Å²) in [5.74, 6) is 1.68. The number of anilines is 1. The molecule has 1 aromatic heterocycles. The summed E-state index contributed by atoms with van der Waals surface area (Å²) in [5, 5.41) is 4.70. The van der Waals surface area contributed by atoms with Crippen LogP contribution in [0.4, 0.5) is 5.95 Å². The van der Waals surface area contributed by atoms with E-state index in [9.17, 15) is 0 Å². The molecule has 26 heavy (non-hydrogen) atoms. The minimum absolute atomic E-state index is 0.582. The van der Waals surface area contributed by atoms with Gasteiger partial charge in [0.15, 0.2) is 0 Å². The Morgan fingerprint density at radius 1 is 1.23 bits per heavy atom. The Morgan fingerprint density at radius 3 is 2.77 bits per heavy atom. The molecular weight excluding hydrogens is 328 g/mol. The van der Waals surface area contributed by atoms with Crippen LogP contribution < -0.4 is 15.0 Å². The summed E-state index contributed by atoms with van der Waals surface area (Å²) < 4.78 is 10.7. The van der Waals surface area contributed by atoms with E-state index in [0.717, 1.165) is 80.4 Å². The second-order valence-corrected chi connectivity index (χ2v) is 6.76. The van der Waals surface area contributed by atoms with E-state index < -0.39 is 0 Å². The maximum Gasteiger partial charge on any atom is 0.226 e. The Hall–Kier alpha value is -1.92. The Morgan fingerprint density at radius 2 is 2.04 bits per heavy atom. The van der Waals surface area contributed by atoms with E-state index in [-0.39, 0.29) is 0 Å². The van der Waals surface area contributed by atoms with Crippen molar-refractivity contribution >= 4 is 16.9 Å². The van der Waals surface area contributed by atoms with Crippen molar-refractivity contribution in [2.24, 2.45) is 0 Å². The number of fused-ring (bicyclic) bond motifs is 1. The number of ether oxygens (including phenoxy) is 2. The second-order valence-electron chi connectivity index (χ2n) is 6.76. The zero-order chi connectivity index (χ0) is 18.4. The van der Waals surface area contributed by atoms with Crippen molar-refractivity contribution < 1.29 is 9.47 Å². The summed E-state index contributed by atoms with van der Waals surface area (Å²) in [5.41, 5.74) is 1.98. The quantitative estimate of drug-likeness (QED) is 0.732. The summed E-state index contributed by atoms with van der Waals surface area (Å²) >= 11 is 0. The summed E-state index contributed by atoms with van der Waals surface area (Å²) in [6, 6.07) is 6.56. The van der Waals surface area contributed by atoms with Crippen LogP contribution in [0.2, 0.25) is 0 Å². The Labute approximate surface area is 155 Å². The normalized spacial score (nSPS) is 15.6. The van der Waals surface area contributed by atoms with E-state index in [1.807, 2.05) is 32.0 Å². The predicted octanol–water partition coefficient (Wildman–Crippen LogP) is 2.93. The third kappa shape index (κ3) is 4.62. The monoisotopic (exact) mass is 358 g/mol. The molecule has 142 valence electrons. The molecule has 2 aromatic rings. The number of aromatic nitrogens is 2. The molecule has 0 unspecified atom stereocenters. The van der Waals surface area contributed by atoms with Crippen molar-refractivity contribution in [3.8, 4) is 5.75 Å². The maximum absolute atomic E-state index is 5.39. The molecule has 6 heteroatoms. The van der Waals surface area contributed by atoms with E-state index in [1.165, 1.54) is 0 Å². The number of nitrogens with one attached hydrogen (secondary N) is 1. The fraction of sp³-hybridized carbons (Fsp3) is 0.600. The highest BCUT2D eigenvalue weighted by molar-refractivity contribution is 5.83. The lowest BCUT2D eigenvalue weighted by Gasteiger charge is -2.32. The molecular formula is C20H30N4O2. The molecule has 1 saturated heterocycles. The highest BCUT2D eigenvalue weighted by atomic mass is 16.5. The first-order valence-electron chi connectivity index (χ1n) is 9.59. The minimum atomic E-state index is 0.582. The van der Waals surface area contributed by atoms with Gasteiger partial charge in [-0.05, 0) is 57.9 Å². The third-order valence-corrected chi connectivity index (χ3v) is 4.96. The molecule has 1 aliphatic heterocycles. The summed E-state index contributed by atoms with van der Waals surface area (Å²) in [6.07, 6.45) is 3.32. The number of benzene rings is 1. The molecule has 0 amide bonds. The van der Waals surface area contributed by atoms with Gasteiger partial charge in [0.2, 0.25) is 5.95 Å². The molecule has 0 atom stereocenters. The number of hydrogen-bond donors (Lipinski definition) is 1. The smallest absolute Gasteiger partial charge is 0.226 e. The molecule has 6 nitrogen and oxygen atoms in total. The van der Waals surface area contributed by atoms with Gasteiger partial charge in [-0.3, -0.25) is 0 Å². The Balaban J connectivity index is 1.57. The average molecular weight is 358 g/mol. The number of piperidine rings is 1. The lowest BCUT2D eigenvalue weighted by Crippen LogP contribution is -2.43. The lowest BCUT2D eigenvalue weighted by molar-refractivity contribution is 0.143. The van der Waals surface area contributed by atoms with Crippen LogP contribution in [-0.4, -0.2) is 56.0 Å². The van der Waals surface area contributed by atoms with Crippen molar-refractivity contribution in [1.82, 2.24) is 15.3 Å². The minimum Gasteiger partial charge on any atom is -0.497 e. The van der Waals surface area contributed by atoms with Crippen LogP contribution in [0.3, 0.4) is 0 Å². The number of methoxy groups -OCH3 is 1. The van der Waals surface area contributed by atoms with Gasteiger partial charge in [0, 0.05) is 37.7 Å². The van der Waals surface area contributed by atoms with Crippen molar-refractivity contribution in [2.75, 3.05) is 44.9 Å². The molecule has 1 aliphatic rings. The predicted molar refractivity (Wildman–Crippen MR) is 105 cm³/mol. The van der Waals surface area contributed by atoms with Gasteiger partial charge in [-0.1, -0.05) is 0 Å². The second kappa shape index (κ2) is 9.14. The molecule has 0 spiro atoms. The highest BCUT2D eigenvalue weighted by Crippen LogP contribution is 2.25. The Kier molecular flexibility index (Phi) is 6.63. The molecule has 1 N–H and O–H groups in total. The van der Waals surface area contributed by atoms with E-state index in [2.05, 4.69) is 10.2 Å². The van der Waals surface area contributed by atoms with Gasteiger partial charge in [-0.25, -0.2) is 9.97 Å². The molecule has 2 heterocycles. The molecule has 0 bridgehead atoms. The largest absolute Gasteiger partial charge is 0.497 e. The third-order valence-electron chi connectivity index (χ3n) is 4.96. The van der Waals surface area contributed by atoms with Gasteiger partial charge in [0.05, 0.1) is 18.3 Å². The fourth-order valence-electron chi connectivity index (χ4n) is 3.42. The Bertz CT molecular complexity index is 714. The van der Waals surface area contributed by atoms with E-state index >= 15 is 0 Å². The van der Waals surface area contributed by atoms with Crippen LogP contribution in [0.5, 0.6) is 5.75 Å². The van der Waals surface area contributed by atoms with Crippen molar-refractivity contribution in [1.29, 1.82) is 0 Å².